The summed E-state index contributed by atoms with van der Waals surface area (Å²) in [6, 6.07) is 12.1. The second kappa shape index (κ2) is 6.37. The van der Waals surface area contributed by atoms with Gasteiger partial charge in [0.15, 0.2) is 11.5 Å². The first-order chi connectivity index (χ1) is 10.3. The summed E-state index contributed by atoms with van der Waals surface area (Å²) < 4.78 is 17.3. The molecular weight excluding hydrogens is 334 g/mol. The zero-order chi connectivity index (χ0) is 14.7. The lowest BCUT2D eigenvalue weighted by Crippen LogP contribution is -2.13. The Kier molecular flexibility index (Phi) is 4.31. The number of hydrogen-bond donors (Lipinski definition) is 1. The molecule has 110 valence electrons. The van der Waals surface area contributed by atoms with Crippen molar-refractivity contribution in [3.8, 4) is 17.2 Å². The molecule has 0 saturated carbocycles. The Morgan fingerprint density at radius 2 is 2.05 bits per heavy atom. The van der Waals surface area contributed by atoms with Gasteiger partial charge in [-0.3, -0.25) is 0 Å². The minimum absolute atomic E-state index is 0.250. The van der Waals surface area contributed by atoms with Gasteiger partial charge in [-0.05, 0) is 29.3 Å². The van der Waals surface area contributed by atoms with Crippen LogP contribution in [0.15, 0.2) is 40.9 Å². The highest BCUT2D eigenvalue weighted by Gasteiger charge is 2.19. The number of rotatable bonds is 5. The quantitative estimate of drug-likeness (QED) is 0.896. The summed E-state index contributed by atoms with van der Waals surface area (Å²) in [5.41, 5.74) is 2.33. The molecule has 0 unspecified atom stereocenters. The molecule has 0 fully saturated rings. The lowest BCUT2D eigenvalue weighted by atomic mass is 10.1. The Bertz CT molecular complexity index is 645. The van der Waals surface area contributed by atoms with Crippen molar-refractivity contribution in [1.82, 2.24) is 5.32 Å². The molecule has 3 rings (SSSR count). The molecule has 0 aromatic heterocycles. The molecule has 1 aliphatic rings. The van der Waals surface area contributed by atoms with Gasteiger partial charge in [-0.15, -0.1) is 0 Å². The summed E-state index contributed by atoms with van der Waals surface area (Å²) in [5.74, 6) is 2.14. The van der Waals surface area contributed by atoms with E-state index in [0.717, 1.165) is 28.9 Å². The molecule has 21 heavy (non-hydrogen) atoms. The highest BCUT2D eigenvalue weighted by Crippen LogP contribution is 2.41. The van der Waals surface area contributed by atoms with Gasteiger partial charge in [-0.25, -0.2) is 0 Å². The Hall–Kier alpha value is -1.72. The van der Waals surface area contributed by atoms with Crippen molar-refractivity contribution >= 4 is 15.9 Å². The molecule has 4 nitrogen and oxygen atoms in total. The molecule has 0 atom stereocenters. The third-order valence-corrected chi connectivity index (χ3v) is 4.09. The Balaban J connectivity index is 1.67. The lowest BCUT2D eigenvalue weighted by Gasteiger charge is -2.10. The van der Waals surface area contributed by atoms with Crippen molar-refractivity contribution in [2.24, 2.45) is 0 Å². The van der Waals surface area contributed by atoms with Gasteiger partial charge in [0.1, 0.15) is 0 Å². The highest BCUT2D eigenvalue weighted by molar-refractivity contribution is 9.10. The molecular formula is C16H16BrNO3. The van der Waals surface area contributed by atoms with Crippen LogP contribution in [0.1, 0.15) is 11.1 Å². The first-order valence-electron chi connectivity index (χ1n) is 6.68. The number of ether oxygens (including phenoxy) is 3. The van der Waals surface area contributed by atoms with Crippen LogP contribution in [0.25, 0.3) is 0 Å². The topological polar surface area (TPSA) is 39.7 Å². The molecule has 1 aliphatic heterocycles. The van der Waals surface area contributed by atoms with Crippen LogP contribution in [0, 0.1) is 0 Å². The van der Waals surface area contributed by atoms with E-state index in [9.17, 15) is 0 Å². The molecule has 1 N–H and O–H groups in total. The molecule has 0 radical (unpaired) electrons. The maximum atomic E-state index is 5.43. The highest BCUT2D eigenvalue weighted by atomic mass is 79.9. The van der Waals surface area contributed by atoms with E-state index in [1.165, 1.54) is 5.56 Å². The zero-order valence-corrected chi connectivity index (χ0v) is 13.3. The molecule has 0 saturated heterocycles. The number of halogens is 1. The van der Waals surface area contributed by atoms with Gasteiger partial charge in [0.05, 0.1) is 7.11 Å². The van der Waals surface area contributed by atoms with Gasteiger partial charge in [-0.1, -0.05) is 34.1 Å². The van der Waals surface area contributed by atoms with Crippen LogP contribution in [0.2, 0.25) is 0 Å². The minimum atomic E-state index is 0.250. The van der Waals surface area contributed by atoms with Gasteiger partial charge in [-0.2, -0.15) is 0 Å². The lowest BCUT2D eigenvalue weighted by molar-refractivity contribution is 0.171. The normalized spacial score (nSPS) is 12.5. The van der Waals surface area contributed by atoms with E-state index in [1.54, 1.807) is 7.11 Å². The Labute approximate surface area is 132 Å². The molecule has 0 bridgehead atoms. The number of methoxy groups -OCH3 is 1. The summed E-state index contributed by atoms with van der Waals surface area (Å²) >= 11 is 3.55. The molecule has 0 amide bonds. The van der Waals surface area contributed by atoms with E-state index in [4.69, 9.17) is 14.2 Å². The minimum Gasteiger partial charge on any atom is -0.493 e. The molecule has 0 aliphatic carbocycles. The standard InChI is InChI=1S/C16H16BrNO3/c1-19-14-6-11(7-15-16(14)21-10-20-15)8-18-9-12-4-2-3-5-13(12)17/h2-7,18H,8-10H2,1H3. The predicted molar refractivity (Wildman–Crippen MR) is 83.8 cm³/mol. The summed E-state index contributed by atoms with van der Waals surface area (Å²) in [4.78, 5) is 0. The first kappa shape index (κ1) is 14.2. The fourth-order valence-electron chi connectivity index (χ4n) is 2.27. The Morgan fingerprint density at radius 3 is 2.86 bits per heavy atom. The zero-order valence-electron chi connectivity index (χ0n) is 11.7. The van der Waals surface area contributed by atoms with E-state index in [2.05, 4.69) is 27.3 Å². The number of hydrogen-bond acceptors (Lipinski definition) is 4. The Morgan fingerprint density at radius 1 is 1.19 bits per heavy atom. The summed E-state index contributed by atoms with van der Waals surface area (Å²) in [6.07, 6.45) is 0. The van der Waals surface area contributed by atoms with E-state index < -0.39 is 0 Å². The molecule has 0 spiro atoms. The fraction of sp³-hybridized carbons (Fsp3) is 0.250. The SMILES string of the molecule is COc1cc(CNCc2ccccc2Br)cc2c1OCO2. The van der Waals surface area contributed by atoms with Gasteiger partial charge in [0.25, 0.3) is 0 Å². The van der Waals surface area contributed by atoms with Crippen LogP contribution in [0.4, 0.5) is 0 Å². The molecule has 2 aromatic carbocycles. The molecule has 5 heteroatoms. The van der Waals surface area contributed by atoms with Crippen molar-refractivity contribution in [2.45, 2.75) is 13.1 Å². The van der Waals surface area contributed by atoms with Crippen LogP contribution in [-0.4, -0.2) is 13.9 Å². The smallest absolute Gasteiger partial charge is 0.231 e. The summed E-state index contributed by atoms with van der Waals surface area (Å²) in [7, 11) is 1.63. The summed E-state index contributed by atoms with van der Waals surface area (Å²) in [6.45, 7) is 1.77. The van der Waals surface area contributed by atoms with Gasteiger partial charge < -0.3 is 19.5 Å². The second-order valence-corrected chi connectivity index (χ2v) is 5.58. The maximum Gasteiger partial charge on any atom is 0.231 e. The first-order valence-corrected chi connectivity index (χ1v) is 7.48. The predicted octanol–water partition coefficient (Wildman–Crippen LogP) is 3.48. The molecule has 1 heterocycles. The van der Waals surface area contributed by atoms with Crippen LogP contribution in [0.3, 0.4) is 0 Å². The maximum absolute atomic E-state index is 5.43. The van der Waals surface area contributed by atoms with Crippen molar-refractivity contribution in [1.29, 1.82) is 0 Å². The average Bonchev–Trinajstić information content (AvgIpc) is 2.97. The second-order valence-electron chi connectivity index (χ2n) is 4.73. The van der Waals surface area contributed by atoms with Crippen LogP contribution >= 0.6 is 15.9 Å². The van der Waals surface area contributed by atoms with Crippen molar-refractivity contribution in [2.75, 3.05) is 13.9 Å². The van der Waals surface area contributed by atoms with Gasteiger partial charge in [0.2, 0.25) is 12.5 Å². The van der Waals surface area contributed by atoms with Crippen LogP contribution in [-0.2, 0) is 13.1 Å². The number of fused-ring (bicyclic) bond motifs is 1. The van der Waals surface area contributed by atoms with Crippen LogP contribution < -0.4 is 19.5 Å². The van der Waals surface area contributed by atoms with E-state index in [1.807, 2.05) is 30.3 Å². The third-order valence-electron chi connectivity index (χ3n) is 3.32. The van der Waals surface area contributed by atoms with Crippen molar-refractivity contribution in [3.63, 3.8) is 0 Å². The number of nitrogens with one attached hydrogen (secondary N) is 1. The number of benzene rings is 2. The third kappa shape index (κ3) is 3.14. The van der Waals surface area contributed by atoms with E-state index in [-0.39, 0.29) is 6.79 Å². The van der Waals surface area contributed by atoms with Crippen molar-refractivity contribution < 1.29 is 14.2 Å². The fourth-order valence-corrected chi connectivity index (χ4v) is 2.69. The van der Waals surface area contributed by atoms with Gasteiger partial charge in [0, 0.05) is 17.6 Å². The van der Waals surface area contributed by atoms with Gasteiger partial charge >= 0.3 is 0 Å². The van der Waals surface area contributed by atoms with E-state index in [0.29, 0.717) is 11.5 Å². The largest absolute Gasteiger partial charge is 0.493 e. The van der Waals surface area contributed by atoms with E-state index >= 15 is 0 Å². The summed E-state index contributed by atoms with van der Waals surface area (Å²) in [5, 5.41) is 3.42. The average molecular weight is 350 g/mol. The monoisotopic (exact) mass is 349 g/mol. The van der Waals surface area contributed by atoms with Crippen LogP contribution in [0.5, 0.6) is 17.2 Å². The molecule has 2 aromatic rings. The van der Waals surface area contributed by atoms with Crippen molar-refractivity contribution in [3.05, 3.63) is 52.0 Å².